The highest BCUT2D eigenvalue weighted by Gasteiger charge is 2.15. The second-order valence-corrected chi connectivity index (χ2v) is 5.89. The molecule has 2 N–H and O–H groups in total. The van der Waals surface area contributed by atoms with Gasteiger partial charge in [-0.1, -0.05) is 13.0 Å². The average Bonchev–Trinajstić information content (AvgIpc) is 3.07. The molecule has 114 valence electrons. The van der Waals surface area contributed by atoms with Crippen LogP contribution in [0, 0.1) is 6.92 Å². The predicted molar refractivity (Wildman–Crippen MR) is 84.4 cm³/mol. The molecule has 2 aromatic rings. The van der Waals surface area contributed by atoms with Crippen LogP contribution < -0.4 is 10.6 Å². The number of aryl methyl sites for hydroxylation is 1. The molecule has 21 heavy (non-hydrogen) atoms. The maximum atomic E-state index is 12.0. The molecule has 2 aromatic heterocycles. The van der Waals surface area contributed by atoms with Gasteiger partial charge in [-0.15, -0.1) is 11.3 Å². The molecule has 0 radical (unpaired) electrons. The first-order chi connectivity index (χ1) is 10.1. The van der Waals surface area contributed by atoms with Gasteiger partial charge in [0, 0.05) is 12.6 Å². The van der Waals surface area contributed by atoms with Crippen molar-refractivity contribution in [3.05, 3.63) is 29.0 Å². The number of likely N-dealkylation sites (N-methyl/N-ethyl adjacent to an activating group) is 1. The van der Waals surface area contributed by atoms with E-state index in [1.807, 2.05) is 38.3 Å². The Balaban J connectivity index is 1.92. The lowest BCUT2D eigenvalue weighted by Gasteiger charge is -2.12. The van der Waals surface area contributed by atoms with Gasteiger partial charge in [-0.05, 0) is 31.8 Å². The molecule has 1 atom stereocenters. The highest BCUT2D eigenvalue weighted by molar-refractivity contribution is 7.13. The fraction of sp³-hybridized carbons (Fsp3) is 0.467. The zero-order chi connectivity index (χ0) is 15.2. The van der Waals surface area contributed by atoms with Crippen LogP contribution in [-0.2, 0) is 11.2 Å². The molecule has 0 spiro atoms. The van der Waals surface area contributed by atoms with Gasteiger partial charge in [0.15, 0.2) is 0 Å². The molecule has 0 unspecified atom stereocenters. The molecule has 0 aromatic carbocycles. The zero-order valence-corrected chi connectivity index (χ0v) is 13.4. The van der Waals surface area contributed by atoms with E-state index in [1.54, 1.807) is 11.3 Å². The Bertz CT molecular complexity index is 578. The predicted octanol–water partition coefficient (Wildman–Crippen LogP) is 2.37. The van der Waals surface area contributed by atoms with E-state index in [9.17, 15) is 4.79 Å². The summed E-state index contributed by atoms with van der Waals surface area (Å²) in [5, 5.41) is 8.13. The molecule has 0 bridgehead atoms. The number of carbonyl (C=O) groups is 1. The summed E-state index contributed by atoms with van der Waals surface area (Å²) in [4.78, 5) is 17.4. The minimum absolute atomic E-state index is 0.0334. The summed E-state index contributed by atoms with van der Waals surface area (Å²) in [6, 6.07) is 4.17. The molecule has 0 aliphatic heterocycles. The first-order valence-corrected chi connectivity index (χ1v) is 7.98. The largest absolute Gasteiger partial charge is 0.440 e. The maximum absolute atomic E-state index is 12.0. The SMILES string of the molecule is CCN[C@H](C)CNC(=O)Cc1nc(-c2cccs2)oc1C. The van der Waals surface area contributed by atoms with Crippen LogP contribution in [0.5, 0.6) is 0 Å². The molecule has 0 fully saturated rings. The fourth-order valence-corrected chi connectivity index (χ4v) is 2.65. The lowest BCUT2D eigenvalue weighted by atomic mass is 10.2. The molecule has 5 nitrogen and oxygen atoms in total. The summed E-state index contributed by atoms with van der Waals surface area (Å²) in [6.45, 7) is 7.43. The Morgan fingerprint density at radius 3 is 3.00 bits per heavy atom. The Labute approximate surface area is 128 Å². The molecular weight excluding hydrogens is 286 g/mol. The number of hydrogen-bond acceptors (Lipinski definition) is 5. The van der Waals surface area contributed by atoms with Crippen molar-refractivity contribution in [3.63, 3.8) is 0 Å². The van der Waals surface area contributed by atoms with E-state index in [1.165, 1.54) is 0 Å². The van der Waals surface area contributed by atoms with E-state index in [2.05, 4.69) is 15.6 Å². The third kappa shape index (κ3) is 4.41. The number of nitrogens with zero attached hydrogens (tertiary/aromatic N) is 1. The van der Waals surface area contributed by atoms with Gasteiger partial charge in [-0.3, -0.25) is 4.79 Å². The van der Waals surface area contributed by atoms with Crippen molar-refractivity contribution in [1.29, 1.82) is 0 Å². The smallest absolute Gasteiger partial charge is 0.236 e. The first-order valence-electron chi connectivity index (χ1n) is 7.10. The summed E-state index contributed by atoms with van der Waals surface area (Å²) < 4.78 is 5.63. The Morgan fingerprint density at radius 2 is 2.33 bits per heavy atom. The molecule has 6 heteroatoms. The van der Waals surface area contributed by atoms with Crippen LogP contribution in [-0.4, -0.2) is 30.0 Å². The van der Waals surface area contributed by atoms with E-state index in [4.69, 9.17) is 4.42 Å². The van der Waals surface area contributed by atoms with Gasteiger partial charge < -0.3 is 15.1 Å². The summed E-state index contributed by atoms with van der Waals surface area (Å²) in [7, 11) is 0. The van der Waals surface area contributed by atoms with Crippen molar-refractivity contribution in [2.75, 3.05) is 13.1 Å². The number of carbonyl (C=O) groups excluding carboxylic acids is 1. The van der Waals surface area contributed by atoms with Crippen LogP contribution in [0.2, 0.25) is 0 Å². The van der Waals surface area contributed by atoms with Crippen LogP contribution in [0.1, 0.15) is 25.3 Å². The molecule has 2 rings (SSSR count). The lowest BCUT2D eigenvalue weighted by molar-refractivity contribution is -0.120. The van der Waals surface area contributed by atoms with Crippen LogP contribution >= 0.6 is 11.3 Å². The monoisotopic (exact) mass is 307 g/mol. The van der Waals surface area contributed by atoms with Gasteiger partial charge in [-0.25, -0.2) is 4.98 Å². The number of thiophene rings is 1. The second-order valence-electron chi connectivity index (χ2n) is 4.94. The van der Waals surface area contributed by atoms with Gasteiger partial charge in [0.1, 0.15) is 5.76 Å². The van der Waals surface area contributed by atoms with Gasteiger partial charge in [0.25, 0.3) is 0 Å². The zero-order valence-electron chi connectivity index (χ0n) is 12.6. The highest BCUT2D eigenvalue weighted by Crippen LogP contribution is 2.25. The van der Waals surface area contributed by atoms with E-state index >= 15 is 0 Å². The summed E-state index contributed by atoms with van der Waals surface area (Å²) in [5.41, 5.74) is 0.701. The maximum Gasteiger partial charge on any atom is 0.236 e. The molecule has 0 saturated heterocycles. The third-order valence-electron chi connectivity index (χ3n) is 3.11. The molecule has 0 aliphatic carbocycles. The van der Waals surface area contributed by atoms with Crippen molar-refractivity contribution < 1.29 is 9.21 Å². The van der Waals surface area contributed by atoms with Crippen LogP contribution in [0.25, 0.3) is 10.8 Å². The summed E-state index contributed by atoms with van der Waals surface area (Å²) >= 11 is 1.57. The fourth-order valence-electron chi connectivity index (χ4n) is 2.00. The topological polar surface area (TPSA) is 67.2 Å². The normalized spacial score (nSPS) is 12.3. The van der Waals surface area contributed by atoms with Crippen molar-refractivity contribution in [1.82, 2.24) is 15.6 Å². The number of nitrogens with one attached hydrogen (secondary N) is 2. The quantitative estimate of drug-likeness (QED) is 0.824. The minimum atomic E-state index is -0.0334. The Kier molecular flexibility index (Phi) is 5.52. The standard InChI is InChI=1S/C15H21N3O2S/c1-4-16-10(2)9-17-14(19)8-12-11(3)20-15(18-12)13-6-5-7-21-13/h5-7,10,16H,4,8-9H2,1-3H3,(H,17,19)/t10-/m1/s1. The van der Waals surface area contributed by atoms with Gasteiger partial charge in [0.05, 0.1) is 17.0 Å². The van der Waals surface area contributed by atoms with Crippen LogP contribution in [0.3, 0.4) is 0 Å². The number of amides is 1. The number of aromatic nitrogens is 1. The average molecular weight is 307 g/mol. The highest BCUT2D eigenvalue weighted by atomic mass is 32.1. The van der Waals surface area contributed by atoms with Gasteiger partial charge in [-0.2, -0.15) is 0 Å². The Hall–Kier alpha value is -1.66. The number of hydrogen-bond donors (Lipinski definition) is 2. The van der Waals surface area contributed by atoms with E-state index in [0.717, 1.165) is 11.4 Å². The van der Waals surface area contributed by atoms with Crippen molar-refractivity contribution in [2.24, 2.45) is 0 Å². The number of oxazole rings is 1. The summed E-state index contributed by atoms with van der Waals surface area (Å²) in [6.07, 6.45) is 0.250. The minimum Gasteiger partial charge on any atom is -0.440 e. The van der Waals surface area contributed by atoms with Crippen LogP contribution in [0.15, 0.2) is 21.9 Å². The van der Waals surface area contributed by atoms with E-state index in [-0.39, 0.29) is 18.4 Å². The third-order valence-corrected chi connectivity index (χ3v) is 3.97. The van der Waals surface area contributed by atoms with Crippen molar-refractivity contribution in [3.8, 4) is 10.8 Å². The van der Waals surface area contributed by atoms with Gasteiger partial charge >= 0.3 is 0 Å². The van der Waals surface area contributed by atoms with E-state index < -0.39 is 0 Å². The molecule has 2 heterocycles. The first kappa shape index (κ1) is 15.7. The van der Waals surface area contributed by atoms with Gasteiger partial charge in [0.2, 0.25) is 11.8 Å². The lowest BCUT2D eigenvalue weighted by Crippen LogP contribution is -2.39. The molecule has 1 amide bonds. The molecule has 0 saturated carbocycles. The number of rotatable bonds is 7. The van der Waals surface area contributed by atoms with Crippen molar-refractivity contribution in [2.45, 2.75) is 33.2 Å². The summed E-state index contributed by atoms with van der Waals surface area (Å²) in [5.74, 6) is 1.26. The van der Waals surface area contributed by atoms with Crippen LogP contribution in [0.4, 0.5) is 0 Å². The van der Waals surface area contributed by atoms with Crippen molar-refractivity contribution >= 4 is 17.2 Å². The molecular formula is C15H21N3O2S. The molecule has 0 aliphatic rings. The van der Waals surface area contributed by atoms with E-state index in [0.29, 0.717) is 23.9 Å². The second kappa shape index (κ2) is 7.38. The Morgan fingerprint density at radius 1 is 1.52 bits per heavy atom.